The van der Waals surface area contributed by atoms with Gasteiger partial charge in [0.05, 0.1) is 22.3 Å². The van der Waals surface area contributed by atoms with Gasteiger partial charge in [-0.15, -0.1) is 12.4 Å². The van der Waals surface area contributed by atoms with Crippen LogP contribution in [0.1, 0.15) is 5.82 Å². The first-order chi connectivity index (χ1) is 11.0. The van der Waals surface area contributed by atoms with Crippen LogP contribution in [0.15, 0.2) is 36.7 Å². The quantitative estimate of drug-likeness (QED) is 0.555. The number of halogens is 3. The number of para-hydroxylation sites is 1. The summed E-state index contributed by atoms with van der Waals surface area (Å²) < 4.78 is 0. The number of amides is 2. The lowest BCUT2D eigenvalue weighted by atomic mass is 10.3. The number of hydrogen-bond acceptors (Lipinski definition) is 4. The highest BCUT2D eigenvalue weighted by molar-refractivity contribution is 6.40. The van der Waals surface area contributed by atoms with E-state index >= 15 is 0 Å². The van der Waals surface area contributed by atoms with Gasteiger partial charge in [-0.3, -0.25) is 10.7 Å². The molecule has 0 saturated carbocycles. The summed E-state index contributed by atoms with van der Waals surface area (Å²) in [6.07, 6.45) is 3.18. The zero-order valence-electron chi connectivity index (χ0n) is 12.6. The number of benzene rings is 1. The number of anilines is 1. The number of urea groups is 1. The molecule has 2 amide bonds. The number of aromatic nitrogens is 2. The first-order valence-corrected chi connectivity index (χ1v) is 7.33. The second kappa shape index (κ2) is 9.27. The molecule has 0 fully saturated rings. The fraction of sp³-hybridized carbons (Fsp3) is 0.143. The molecule has 0 bridgehead atoms. The van der Waals surface area contributed by atoms with Gasteiger partial charge in [0.1, 0.15) is 5.82 Å². The molecule has 1 aromatic heterocycles. The van der Waals surface area contributed by atoms with Crippen LogP contribution in [0, 0.1) is 5.41 Å². The average molecular weight is 390 g/mol. The highest BCUT2D eigenvalue weighted by atomic mass is 35.5. The summed E-state index contributed by atoms with van der Waals surface area (Å²) in [5.74, 6) is 0.249. The van der Waals surface area contributed by atoms with Gasteiger partial charge in [0.15, 0.2) is 0 Å². The van der Waals surface area contributed by atoms with E-state index in [1.54, 1.807) is 36.7 Å². The topological polar surface area (TPSA) is 94.0 Å². The fourth-order valence-electron chi connectivity index (χ4n) is 1.81. The third kappa shape index (κ3) is 4.95. The first kappa shape index (κ1) is 20.0. The minimum atomic E-state index is -0.530. The maximum Gasteiger partial charge on any atom is 0.321 e. The summed E-state index contributed by atoms with van der Waals surface area (Å²) in [6.45, 7) is 0.118. The number of carbonyl (C=O) groups excluding carboxylic acids is 1. The van der Waals surface area contributed by atoms with Crippen LogP contribution in [0.3, 0.4) is 0 Å². The molecule has 1 heterocycles. The van der Waals surface area contributed by atoms with Crippen molar-refractivity contribution in [3.05, 3.63) is 52.5 Å². The van der Waals surface area contributed by atoms with Gasteiger partial charge in [-0.25, -0.2) is 14.8 Å². The van der Waals surface area contributed by atoms with Crippen LogP contribution >= 0.6 is 35.6 Å². The highest BCUT2D eigenvalue weighted by Crippen LogP contribution is 2.34. The summed E-state index contributed by atoms with van der Waals surface area (Å²) in [7, 11) is 1.45. The van der Waals surface area contributed by atoms with Gasteiger partial charge in [-0.05, 0) is 18.2 Å². The van der Waals surface area contributed by atoms with Gasteiger partial charge in [-0.2, -0.15) is 0 Å². The Morgan fingerprint density at radius 2 is 1.79 bits per heavy atom. The van der Waals surface area contributed by atoms with Crippen LogP contribution in [0.5, 0.6) is 0 Å². The average Bonchev–Trinajstić information content (AvgIpc) is 2.54. The largest absolute Gasteiger partial charge is 0.341 e. The lowest BCUT2D eigenvalue weighted by Crippen LogP contribution is -2.46. The number of carbonyl (C=O) groups is 1. The van der Waals surface area contributed by atoms with Crippen molar-refractivity contribution in [2.24, 2.45) is 0 Å². The van der Waals surface area contributed by atoms with Gasteiger partial charge in [0.25, 0.3) is 0 Å². The molecule has 0 aliphatic heterocycles. The van der Waals surface area contributed by atoms with Crippen molar-refractivity contribution >= 4 is 53.3 Å². The molecule has 0 aliphatic rings. The lowest BCUT2D eigenvalue weighted by Gasteiger charge is -2.26. The molecule has 128 valence electrons. The molecule has 1 aromatic carbocycles. The third-order valence-electron chi connectivity index (χ3n) is 2.86. The van der Waals surface area contributed by atoms with Crippen molar-refractivity contribution in [1.82, 2.24) is 20.6 Å². The number of hydrogen-bond donors (Lipinski definition) is 3. The SMILES string of the molecule is CNC(=O)NC(=N)N(Cc1ncccn1)c1c(Cl)cccc1Cl.Cl. The second-order valence-corrected chi connectivity index (χ2v) is 5.19. The Bertz CT molecular complexity index is 693. The molecule has 0 unspecified atom stereocenters. The summed E-state index contributed by atoms with van der Waals surface area (Å²) in [5, 5.41) is 13.6. The zero-order chi connectivity index (χ0) is 16.8. The normalized spacial score (nSPS) is 9.62. The van der Waals surface area contributed by atoms with E-state index in [0.29, 0.717) is 21.6 Å². The van der Waals surface area contributed by atoms with Gasteiger partial charge >= 0.3 is 6.03 Å². The zero-order valence-corrected chi connectivity index (χ0v) is 14.9. The van der Waals surface area contributed by atoms with Crippen LogP contribution in [0.2, 0.25) is 10.0 Å². The first-order valence-electron chi connectivity index (χ1n) is 6.57. The standard InChI is InChI=1S/C14H14Cl2N6O.ClH/c1-18-14(23)21-13(17)22(8-11-19-6-3-7-20-11)12-9(15)4-2-5-10(12)16;/h2-7H,8H2,1H3,(H3,17,18,21,23);1H. The molecule has 24 heavy (non-hydrogen) atoms. The summed E-state index contributed by atoms with van der Waals surface area (Å²) in [5.41, 5.74) is 0.393. The minimum Gasteiger partial charge on any atom is -0.341 e. The number of nitrogens with one attached hydrogen (secondary N) is 3. The van der Waals surface area contributed by atoms with E-state index in [1.165, 1.54) is 11.9 Å². The third-order valence-corrected chi connectivity index (χ3v) is 3.47. The van der Waals surface area contributed by atoms with Crippen molar-refractivity contribution in [3.63, 3.8) is 0 Å². The van der Waals surface area contributed by atoms with Gasteiger partial charge in [0.2, 0.25) is 5.96 Å². The van der Waals surface area contributed by atoms with Gasteiger partial charge in [0, 0.05) is 19.4 Å². The van der Waals surface area contributed by atoms with E-state index < -0.39 is 6.03 Å². The molecule has 0 spiro atoms. The molecule has 0 aliphatic carbocycles. The number of guanidine groups is 1. The summed E-state index contributed by atoms with van der Waals surface area (Å²) in [4.78, 5) is 21.2. The molecular weight excluding hydrogens is 375 g/mol. The summed E-state index contributed by atoms with van der Waals surface area (Å²) >= 11 is 12.4. The van der Waals surface area contributed by atoms with Gasteiger partial charge in [-0.1, -0.05) is 29.3 Å². The van der Waals surface area contributed by atoms with E-state index in [0.717, 1.165) is 0 Å². The lowest BCUT2D eigenvalue weighted by molar-refractivity contribution is 0.247. The van der Waals surface area contributed by atoms with Crippen molar-refractivity contribution in [2.45, 2.75) is 6.54 Å². The fourth-order valence-corrected chi connectivity index (χ4v) is 2.41. The Morgan fingerprint density at radius 1 is 1.21 bits per heavy atom. The molecule has 0 radical (unpaired) electrons. The van der Waals surface area contributed by atoms with Crippen molar-refractivity contribution in [1.29, 1.82) is 5.41 Å². The predicted molar refractivity (Wildman–Crippen MR) is 97.2 cm³/mol. The van der Waals surface area contributed by atoms with Gasteiger partial charge < -0.3 is 10.2 Å². The Labute approximate surface area is 155 Å². The van der Waals surface area contributed by atoms with Crippen LogP contribution in [0.4, 0.5) is 10.5 Å². The van der Waals surface area contributed by atoms with E-state index in [2.05, 4.69) is 20.6 Å². The Kier molecular flexibility index (Phi) is 7.70. The minimum absolute atomic E-state index is 0. The van der Waals surface area contributed by atoms with E-state index in [4.69, 9.17) is 28.6 Å². The van der Waals surface area contributed by atoms with Crippen LogP contribution in [0.25, 0.3) is 0 Å². The molecular formula is C14H15Cl3N6O. The molecule has 0 atom stereocenters. The maximum absolute atomic E-state index is 11.5. The number of rotatable bonds is 3. The van der Waals surface area contributed by atoms with Crippen LogP contribution in [-0.2, 0) is 6.54 Å². The van der Waals surface area contributed by atoms with E-state index in [1.807, 2.05) is 0 Å². The summed E-state index contributed by atoms with van der Waals surface area (Å²) in [6, 6.07) is 6.15. The Hall–Kier alpha value is -2.09. The molecule has 3 N–H and O–H groups in total. The van der Waals surface area contributed by atoms with Crippen molar-refractivity contribution in [2.75, 3.05) is 11.9 Å². The molecule has 0 saturated heterocycles. The highest BCUT2D eigenvalue weighted by Gasteiger charge is 2.21. The number of nitrogens with zero attached hydrogens (tertiary/aromatic N) is 3. The monoisotopic (exact) mass is 388 g/mol. The smallest absolute Gasteiger partial charge is 0.321 e. The molecule has 10 heteroatoms. The van der Waals surface area contributed by atoms with Crippen molar-refractivity contribution < 1.29 is 4.79 Å². The molecule has 7 nitrogen and oxygen atoms in total. The molecule has 2 rings (SSSR count). The second-order valence-electron chi connectivity index (χ2n) is 4.37. The Balaban J connectivity index is 0.00000288. The Morgan fingerprint density at radius 3 is 2.33 bits per heavy atom. The molecule has 2 aromatic rings. The van der Waals surface area contributed by atoms with Crippen LogP contribution in [-0.4, -0.2) is 29.0 Å². The van der Waals surface area contributed by atoms with E-state index in [9.17, 15) is 4.79 Å². The van der Waals surface area contributed by atoms with Crippen molar-refractivity contribution in [3.8, 4) is 0 Å². The van der Waals surface area contributed by atoms with E-state index in [-0.39, 0.29) is 24.9 Å². The maximum atomic E-state index is 11.5. The van der Waals surface area contributed by atoms with Crippen LogP contribution < -0.4 is 15.5 Å². The predicted octanol–water partition coefficient (Wildman–Crippen LogP) is 3.08.